The normalized spacial score (nSPS) is 11.1. The van der Waals surface area contributed by atoms with Crippen molar-refractivity contribution in [1.82, 2.24) is 10.3 Å². The third-order valence-corrected chi connectivity index (χ3v) is 2.81. The van der Waals surface area contributed by atoms with Gasteiger partial charge in [0.25, 0.3) is 6.43 Å². The second kappa shape index (κ2) is 8.04. The first-order valence-corrected chi connectivity index (χ1v) is 6.76. The number of anilines is 1. The number of aryl methyl sites for hydroxylation is 1. The molecule has 0 saturated heterocycles. The quantitative estimate of drug-likeness (QED) is 0.788. The summed E-state index contributed by atoms with van der Waals surface area (Å²) in [5.41, 5.74) is 2.06. The average Bonchev–Trinajstić information content (AvgIpc) is 2.35. The molecule has 0 aliphatic rings. The maximum absolute atomic E-state index is 12.4. The van der Waals surface area contributed by atoms with Gasteiger partial charge in [-0.1, -0.05) is 20.3 Å². The second-order valence-electron chi connectivity index (χ2n) is 4.63. The van der Waals surface area contributed by atoms with E-state index in [0.29, 0.717) is 5.82 Å². The van der Waals surface area contributed by atoms with Crippen molar-refractivity contribution in [3.8, 4) is 0 Å². The Labute approximate surface area is 114 Å². The van der Waals surface area contributed by atoms with Gasteiger partial charge < -0.3 is 10.2 Å². The molecule has 0 radical (unpaired) electrons. The van der Waals surface area contributed by atoms with Crippen LogP contribution in [0.15, 0.2) is 12.1 Å². The monoisotopic (exact) mass is 271 g/mol. The van der Waals surface area contributed by atoms with Gasteiger partial charge >= 0.3 is 0 Å². The molecular formula is C14H23F2N3. The molecule has 108 valence electrons. The molecule has 0 atom stereocenters. The number of aromatic nitrogens is 1. The summed E-state index contributed by atoms with van der Waals surface area (Å²) in [6.45, 7) is 5.46. The van der Waals surface area contributed by atoms with Gasteiger partial charge in [0.15, 0.2) is 0 Å². The van der Waals surface area contributed by atoms with Crippen LogP contribution in [0.25, 0.3) is 0 Å². The molecule has 1 aromatic rings. The van der Waals surface area contributed by atoms with Gasteiger partial charge in [0.05, 0.1) is 6.54 Å². The van der Waals surface area contributed by atoms with E-state index in [1.807, 2.05) is 19.1 Å². The zero-order chi connectivity index (χ0) is 14.3. The van der Waals surface area contributed by atoms with E-state index in [0.717, 1.165) is 37.2 Å². The Balaban J connectivity index is 2.91. The number of pyridine rings is 1. The molecule has 3 nitrogen and oxygen atoms in total. The number of rotatable bonds is 8. The fourth-order valence-corrected chi connectivity index (χ4v) is 1.88. The lowest BCUT2D eigenvalue weighted by molar-refractivity contribution is 0.156. The van der Waals surface area contributed by atoms with Crippen LogP contribution < -0.4 is 10.2 Å². The number of hydrogen-bond acceptors (Lipinski definition) is 3. The third kappa shape index (κ3) is 5.51. The van der Waals surface area contributed by atoms with Crippen LogP contribution in [0, 0.1) is 0 Å². The lowest BCUT2D eigenvalue weighted by atomic mass is 10.1. The van der Waals surface area contributed by atoms with Gasteiger partial charge in [-0.15, -0.1) is 0 Å². The summed E-state index contributed by atoms with van der Waals surface area (Å²) in [7, 11) is 1.65. The van der Waals surface area contributed by atoms with Gasteiger partial charge in [0.2, 0.25) is 0 Å². The van der Waals surface area contributed by atoms with Crippen molar-refractivity contribution in [3.63, 3.8) is 0 Å². The first-order chi connectivity index (χ1) is 9.06. The minimum Gasteiger partial charge on any atom is -0.354 e. The number of alkyl halides is 2. The molecule has 0 bridgehead atoms. The molecule has 0 aliphatic carbocycles. The van der Waals surface area contributed by atoms with Gasteiger partial charge in [0, 0.05) is 19.3 Å². The molecule has 0 fully saturated rings. The molecule has 0 saturated carbocycles. The number of hydrogen-bond donors (Lipinski definition) is 1. The fourth-order valence-electron chi connectivity index (χ4n) is 1.88. The second-order valence-corrected chi connectivity index (χ2v) is 4.63. The van der Waals surface area contributed by atoms with Crippen LogP contribution in [0.2, 0.25) is 0 Å². The zero-order valence-corrected chi connectivity index (χ0v) is 11.9. The maximum atomic E-state index is 12.4. The Bertz CT molecular complexity index is 383. The van der Waals surface area contributed by atoms with E-state index < -0.39 is 6.43 Å². The Morgan fingerprint density at radius 1 is 1.32 bits per heavy atom. The van der Waals surface area contributed by atoms with Gasteiger partial charge in [0.1, 0.15) is 5.82 Å². The molecule has 0 spiro atoms. The van der Waals surface area contributed by atoms with E-state index in [-0.39, 0.29) is 6.54 Å². The third-order valence-electron chi connectivity index (χ3n) is 2.81. The van der Waals surface area contributed by atoms with Crippen molar-refractivity contribution in [2.45, 2.75) is 39.7 Å². The van der Waals surface area contributed by atoms with E-state index in [9.17, 15) is 8.78 Å². The van der Waals surface area contributed by atoms with E-state index in [1.54, 1.807) is 7.05 Å². The Hall–Kier alpha value is -1.23. The lowest BCUT2D eigenvalue weighted by Crippen LogP contribution is -2.25. The van der Waals surface area contributed by atoms with Gasteiger partial charge in [-0.2, -0.15) is 0 Å². The number of nitrogens with one attached hydrogen (secondary N) is 1. The van der Waals surface area contributed by atoms with Crippen LogP contribution in [0.4, 0.5) is 14.6 Å². The highest BCUT2D eigenvalue weighted by atomic mass is 19.3. The molecule has 0 aromatic carbocycles. The number of nitrogens with zero attached hydrogens (tertiary/aromatic N) is 2. The van der Waals surface area contributed by atoms with Crippen molar-refractivity contribution in [2.75, 3.05) is 25.0 Å². The summed E-state index contributed by atoms with van der Waals surface area (Å²) in [6, 6.07) is 3.93. The molecule has 1 N–H and O–H groups in total. The van der Waals surface area contributed by atoms with Crippen molar-refractivity contribution in [1.29, 1.82) is 0 Å². The summed E-state index contributed by atoms with van der Waals surface area (Å²) in [4.78, 5) is 5.96. The van der Waals surface area contributed by atoms with Crippen molar-refractivity contribution in [3.05, 3.63) is 23.4 Å². The minimum absolute atomic E-state index is 0.288. The van der Waals surface area contributed by atoms with Crippen LogP contribution >= 0.6 is 0 Å². The summed E-state index contributed by atoms with van der Waals surface area (Å²) in [5.74, 6) is 0.624. The molecule has 5 heteroatoms. The lowest BCUT2D eigenvalue weighted by Gasteiger charge is -2.19. The highest BCUT2D eigenvalue weighted by molar-refractivity contribution is 5.42. The SMILES string of the molecule is CCCc1cc(CNCC)cc(N(C)CC(F)F)n1. The van der Waals surface area contributed by atoms with Crippen LogP contribution in [0.3, 0.4) is 0 Å². The molecular weight excluding hydrogens is 248 g/mol. The molecule has 1 aromatic heterocycles. The molecule has 0 unspecified atom stereocenters. The summed E-state index contributed by atoms with van der Waals surface area (Å²) in [5, 5.41) is 3.25. The van der Waals surface area contributed by atoms with Gasteiger partial charge in [-0.25, -0.2) is 13.8 Å². The molecule has 1 rings (SSSR count). The molecule has 0 amide bonds. The van der Waals surface area contributed by atoms with E-state index in [1.165, 1.54) is 4.90 Å². The standard InChI is InChI=1S/C14H23F2N3/c1-4-6-12-7-11(9-17-5-2)8-14(18-12)19(3)10-13(15)16/h7-8,13,17H,4-6,9-10H2,1-3H3. The zero-order valence-electron chi connectivity index (χ0n) is 11.9. The number of halogens is 2. The Kier molecular flexibility index (Phi) is 6.70. The summed E-state index contributed by atoms with van der Waals surface area (Å²) >= 11 is 0. The van der Waals surface area contributed by atoms with Crippen LogP contribution in [-0.4, -0.2) is 31.5 Å². The van der Waals surface area contributed by atoms with Crippen molar-refractivity contribution in [2.24, 2.45) is 0 Å². The van der Waals surface area contributed by atoms with Crippen molar-refractivity contribution >= 4 is 5.82 Å². The topological polar surface area (TPSA) is 28.2 Å². The smallest absolute Gasteiger partial charge is 0.255 e. The van der Waals surface area contributed by atoms with Crippen molar-refractivity contribution < 1.29 is 8.78 Å². The first kappa shape index (κ1) is 15.8. The van der Waals surface area contributed by atoms with Gasteiger partial charge in [-0.05, 0) is 30.7 Å². The van der Waals surface area contributed by atoms with E-state index in [4.69, 9.17) is 0 Å². The predicted molar refractivity (Wildman–Crippen MR) is 74.9 cm³/mol. The Morgan fingerprint density at radius 3 is 2.63 bits per heavy atom. The van der Waals surface area contributed by atoms with Gasteiger partial charge in [-0.3, -0.25) is 0 Å². The predicted octanol–water partition coefficient (Wildman–Crippen LogP) is 2.84. The van der Waals surface area contributed by atoms with E-state index >= 15 is 0 Å². The van der Waals surface area contributed by atoms with Crippen LogP contribution in [0.1, 0.15) is 31.5 Å². The first-order valence-electron chi connectivity index (χ1n) is 6.76. The summed E-state index contributed by atoms with van der Waals surface area (Å²) < 4.78 is 24.9. The van der Waals surface area contributed by atoms with Crippen LogP contribution in [0.5, 0.6) is 0 Å². The maximum Gasteiger partial charge on any atom is 0.255 e. The minimum atomic E-state index is -2.35. The molecule has 1 heterocycles. The summed E-state index contributed by atoms with van der Waals surface area (Å²) in [6.07, 6.45) is -0.482. The van der Waals surface area contributed by atoms with E-state index in [2.05, 4.69) is 17.2 Å². The largest absolute Gasteiger partial charge is 0.354 e. The highest BCUT2D eigenvalue weighted by Crippen LogP contribution is 2.16. The fraction of sp³-hybridized carbons (Fsp3) is 0.643. The Morgan fingerprint density at radius 2 is 2.05 bits per heavy atom. The average molecular weight is 271 g/mol. The van der Waals surface area contributed by atoms with Crippen LogP contribution in [-0.2, 0) is 13.0 Å². The highest BCUT2D eigenvalue weighted by Gasteiger charge is 2.11. The molecule has 19 heavy (non-hydrogen) atoms. The molecule has 0 aliphatic heterocycles.